The molecule has 2 amide bonds. The molecule has 1 heterocycles. The Balaban J connectivity index is 2.19. The smallest absolute Gasteiger partial charge is 0.323 e. The second-order valence-electron chi connectivity index (χ2n) is 7.15. The van der Waals surface area contributed by atoms with Crippen LogP contribution in [0.15, 0.2) is 30.3 Å². The quantitative estimate of drug-likeness (QED) is 0.468. The molecule has 0 spiro atoms. The third kappa shape index (κ3) is 5.00. The first-order chi connectivity index (χ1) is 12.5. The van der Waals surface area contributed by atoms with Crippen molar-refractivity contribution < 1.29 is 29.4 Å². The van der Waals surface area contributed by atoms with Crippen molar-refractivity contribution in [2.24, 2.45) is 0 Å². The van der Waals surface area contributed by atoms with E-state index in [-0.39, 0.29) is 4.75 Å². The molecule has 0 aromatic heterocycles. The molecule has 1 fully saturated rings. The lowest BCUT2D eigenvalue weighted by molar-refractivity contribution is -0.156. The maximum Gasteiger partial charge on any atom is 0.323 e. The van der Waals surface area contributed by atoms with Crippen LogP contribution in [0, 0.1) is 0 Å². The van der Waals surface area contributed by atoms with E-state index < -0.39 is 47.6 Å². The van der Waals surface area contributed by atoms with Gasteiger partial charge in [0.2, 0.25) is 11.8 Å². The molecule has 9 heteroatoms. The number of benzene rings is 1. The van der Waals surface area contributed by atoms with Gasteiger partial charge in [-0.15, -0.1) is 11.8 Å². The van der Waals surface area contributed by atoms with E-state index in [2.05, 4.69) is 5.32 Å². The first-order valence-electron chi connectivity index (χ1n) is 8.29. The van der Waals surface area contributed by atoms with Crippen LogP contribution in [-0.2, 0) is 19.2 Å². The van der Waals surface area contributed by atoms with Gasteiger partial charge in [-0.25, -0.2) is 0 Å². The monoisotopic (exact) mass is 394 g/mol. The molecule has 2 rings (SSSR count). The minimum absolute atomic E-state index is 0.295. The zero-order valence-corrected chi connectivity index (χ0v) is 16.0. The minimum Gasteiger partial charge on any atom is -0.480 e. The highest BCUT2D eigenvalue weighted by Crippen LogP contribution is 2.38. The van der Waals surface area contributed by atoms with Crippen LogP contribution in [0.25, 0.3) is 0 Å². The maximum absolute atomic E-state index is 12.6. The normalized spacial score (nSPS) is 20.6. The van der Waals surface area contributed by atoms with Crippen molar-refractivity contribution in [1.82, 2.24) is 10.2 Å². The number of thioether (sulfide) groups is 1. The van der Waals surface area contributed by atoms with Crippen LogP contribution in [0.4, 0.5) is 0 Å². The SMILES string of the molecule is CC(C)(C)S[C@@H]1[C@H](NC(=O)C(C(=O)O)c2ccccc2)C(=O)N1CC(=O)O. The van der Waals surface area contributed by atoms with Gasteiger partial charge in [0.25, 0.3) is 0 Å². The lowest BCUT2D eigenvalue weighted by Gasteiger charge is -2.48. The van der Waals surface area contributed by atoms with Crippen molar-refractivity contribution >= 4 is 35.5 Å². The number of amides is 2. The summed E-state index contributed by atoms with van der Waals surface area (Å²) in [6, 6.07) is 7.04. The van der Waals surface area contributed by atoms with Crippen molar-refractivity contribution in [2.45, 2.75) is 42.9 Å². The number of β-lactam (4-membered cyclic amide) rings is 1. The molecule has 27 heavy (non-hydrogen) atoms. The van der Waals surface area contributed by atoms with Gasteiger partial charge in [-0.1, -0.05) is 51.1 Å². The lowest BCUT2D eigenvalue weighted by atomic mass is 9.97. The number of carbonyl (C=O) groups excluding carboxylic acids is 2. The predicted octanol–water partition coefficient (Wildman–Crippen LogP) is 1.12. The molecular formula is C18H22N2O6S. The Kier molecular flexibility index (Phi) is 6.15. The number of rotatable bonds is 7. The molecule has 3 N–H and O–H groups in total. The molecule has 1 aromatic carbocycles. The highest BCUT2D eigenvalue weighted by atomic mass is 32.2. The van der Waals surface area contributed by atoms with Crippen LogP contribution in [-0.4, -0.2) is 61.6 Å². The summed E-state index contributed by atoms with van der Waals surface area (Å²) in [4.78, 5) is 48.7. The van der Waals surface area contributed by atoms with E-state index in [4.69, 9.17) is 5.11 Å². The van der Waals surface area contributed by atoms with Gasteiger partial charge in [0.1, 0.15) is 18.0 Å². The summed E-state index contributed by atoms with van der Waals surface area (Å²) in [6.45, 7) is 5.24. The van der Waals surface area contributed by atoms with Crippen LogP contribution < -0.4 is 5.32 Å². The van der Waals surface area contributed by atoms with Crippen molar-refractivity contribution in [2.75, 3.05) is 6.54 Å². The van der Waals surface area contributed by atoms with E-state index in [1.54, 1.807) is 18.2 Å². The maximum atomic E-state index is 12.6. The third-order valence-electron chi connectivity index (χ3n) is 3.86. The van der Waals surface area contributed by atoms with Crippen molar-refractivity contribution in [3.63, 3.8) is 0 Å². The van der Waals surface area contributed by atoms with Crippen LogP contribution in [0.3, 0.4) is 0 Å². The van der Waals surface area contributed by atoms with E-state index in [0.29, 0.717) is 5.56 Å². The number of aliphatic carboxylic acids is 2. The van der Waals surface area contributed by atoms with Crippen molar-refractivity contribution in [1.29, 1.82) is 0 Å². The highest BCUT2D eigenvalue weighted by Gasteiger charge is 2.51. The standard InChI is InChI=1S/C18H22N2O6S/c1-18(2,3)27-16-13(15(24)20(16)9-11(21)22)19-14(23)12(17(25)26)10-7-5-4-6-8-10/h4-8,12-13,16H,9H2,1-3H3,(H,19,23)(H,21,22)(H,25,26)/t12?,13-,16-/m1/s1. The summed E-state index contributed by atoms with van der Waals surface area (Å²) in [5.74, 6) is -5.27. The average molecular weight is 394 g/mol. The Labute approximate surface area is 160 Å². The molecule has 8 nitrogen and oxygen atoms in total. The van der Waals surface area contributed by atoms with Gasteiger partial charge in [0.15, 0.2) is 5.92 Å². The minimum atomic E-state index is -1.45. The van der Waals surface area contributed by atoms with Gasteiger partial charge >= 0.3 is 11.9 Å². The molecule has 0 bridgehead atoms. The highest BCUT2D eigenvalue weighted by molar-refractivity contribution is 8.01. The van der Waals surface area contributed by atoms with Crippen LogP contribution >= 0.6 is 11.8 Å². The van der Waals surface area contributed by atoms with Gasteiger partial charge in [-0.2, -0.15) is 0 Å². The second-order valence-corrected chi connectivity index (χ2v) is 9.09. The molecule has 1 saturated heterocycles. The number of likely N-dealkylation sites (tertiary alicyclic amines) is 1. The van der Waals surface area contributed by atoms with Gasteiger partial charge in [0, 0.05) is 4.75 Å². The van der Waals surface area contributed by atoms with Crippen molar-refractivity contribution in [3.8, 4) is 0 Å². The molecule has 0 aliphatic carbocycles. The zero-order valence-electron chi connectivity index (χ0n) is 15.2. The largest absolute Gasteiger partial charge is 0.480 e. The molecule has 146 valence electrons. The Morgan fingerprint density at radius 2 is 1.78 bits per heavy atom. The fourth-order valence-electron chi connectivity index (χ4n) is 2.75. The van der Waals surface area contributed by atoms with Gasteiger partial charge in [0.05, 0.1) is 0 Å². The summed E-state index contributed by atoms with van der Waals surface area (Å²) in [5.41, 5.74) is 0.302. The van der Waals surface area contributed by atoms with E-state index >= 15 is 0 Å². The lowest BCUT2D eigenvalue weighted by Crippen LogP contribution is -2.71. The summed E-state index contributed by atoms with van der Waals surface area (Å²) in [7, 11) is 0. The number of hydrogen-bond acceptors (Lipinski definition) is 5. The van der Waals surface area contributed by atoms with E-state index in [1.165, 1.54) is 28.8 Å². The average Bonchev–Trinajstić information content (AvgIpc) is 2.56. The first kappa shape index (κ1) is 20.8. The Hall–Kier alpha value is -2.55. The molecule has 0 radical (unpaired) electrons. The van der Waals surface area contributed by atoms with Crippen LogP contribution in [0.2, 0.25) is 0 Å². The van der Waals surface area contributed by atoms with Crippen LogP contribution in [0.5, 0.6) is 0 Å². The Morgan fingerprint density at radius 3 is 2.26 bits per heavy atom. The third-order valence-corrected chi connectivity index (χ3v) is 5.34. The Bertz CT molecular complexity index is 746. The predicted molar refractivity (Wildman–Crippen MR) is 99.2 cm³/mol. The van der Waals surface area contributed by atoms with Crippen molar-refractivity contribution in [3.05, 3.63) is 35.9 Å². The first-order valence-corrected chi connectivity index (χ1v) is 9.17. The van der Waals surface area contributed by atoms with E-state index in [1.807, 2.05) is 20.8 Å². The molecule has 1 aliphatic heterocycles. The summed E-state index contributed by atoms with van der Waals surface area (Å²) in [6.07, 6.45) is 0. The van der Waals surface area contributed by atoms with Crippen LogP contribution in [0.1, 0.15) is 32.3 Å². The van der Waals surface area contributed by atoms with E-state index in [0.717, 1.165) is 0 Å². The number of carbonyl (C=O) groups is 4. The molecule has 3 atom stereocenters. The van der Waals surface area contributed by atoms with Gasteiger partial charge < -0.3 is 20.4 Å². The number of carboxylic acids is 2. The number of carboxylic acid groups (broad SMARTS) is 2. The summed E-state index contributed by atoms with van der Waals surface area (Å²) < 4.78 is -0.295. The van der Waals surface area contributed by atoms with Gasteiger partial charge in [-0.3, -0.25) is 19.2 Å². The second kappa shape index (κ2) is 7.99. The topological polar surface area (TPSA) is 124 Å². The number of nitrogens with zero attached hydrogens (tertiary/aromatic N) is 1. The molecule has 1 aromatic rings. The fraction of sp³-hybridized carbons (Fsp3) is 0.444. The summed E-state index contributed by atoms with van der Waals surface area (Å²) >= 11 is 1.34. The molecular weight excluding hydrogens is 372 g/mol. The molecule has 0 saturated carbocycles. The van der Waals surface area contributed by atoms with Gasteiger partial charge in [-0.05, 0) is 5.56 Å². The number of nitrogens with one attached hydrogen (secondary N) is 1. The van der Waals surface area contributed by atoms with E-state index in [9.17, 15) is 24.3 Å². The Morgan fingerprint density at radius 1 is 1.19 bits per heavy atom. The summed E-state index contributed by atoms with van der Waals surface area (Å²) in [5, 5.41) is 20.4. The molecule has 1 aliphatic rings. The number of hydrogen-bond donors (Lipinski definition) is 3. The fourth-order valence-corrected chi connectivity index (χ4v) is 4.10. The molecule has 1 unspecified atom stereocenters. The zero-order chi connectivity index (χ0) is 20.4.